The van der Waals surface area contributed by atoms with Gasteiger partial charge in [0.05, 0.1) is 4.92 Å². The largest absolute Gasteiger partial charge is 0.305 e. The molecule has 1 aromatic rings. The first kappa shape index (κ1) is 14.7. The lowest BCUT2D eigenvalue weighted by molar-refractivity contribution is -0.384. The minimum Gasteiger partial charge on any atom is -0.305 e. The van der Waals surface area contributed by atoms with Crippen LogP contribution in [-0.2, 0) is 13.8 Å². The number of carbonyl (C=O) groups is 1. The summed E-state index contributed by atoms with van der Waals surface area (Å²) in [5, 5.41) is 9.99. The SMILES string of the molecule is Cc1cccc([N+](=O)[O-])c1N1CC(S(=O)(=O)Cl)CC1=O. The highest BCUT2D eigenvalue weighted by molar-refractivity contribution is 8.14. The average Bonchev–Trinajstić information content (AvgIpc) is 2.70. The van der Waals surface area contributed by atoms with Gasteiger partial charge in [-0.1, -0.05) is 12.1 Å². The molecule has 2 rings (SSSR count). The van der Waals surface area contributed by atoms with Crippen LogP contribution in [0.5, 0.6) is 0 Å². The van der Waals surface area contributed by atoms with Gasteiger partial charge in [-0.2, -0.15) is 0 Å². The normalized spacial score (nSPS) is 19.4. The lowest BCUT2D eigenvalue weighted by Crippen LogP contribution is -2.28. The van der Waals surface area contributed by atoms with Crippen LogP contribution in [-0.4, -0.2) is 31.0 Å². The summed E-state index contributed by atoms with van der Waals surface area (Å²) in [4.78, 5) is 23.5. The van der Waals surface area contributed by atoms with E-state index in [2.05, 4.69) is 0 Å². The molecule has 1 atom stereocenters. The van der Waals surface area contributed by atoms with Crippen LogP contribution in [0.4, 0.5) is 11.4 Å². The molecule has 1 aliphatic heterocycles. The second-order valence-corrected chi connectivity index (χ2v) is 7.41. The second kappa shape index (κ2) is 5.02. The topological polar surface area (TPSA) is 97.6 Å². The summed E-state index contributed by atoms with van der Waals surface area (Å²) in [6, 6.07) is 4.41. The lowest BCUT2D eigenvalue weighted by atomic mass is 10.1. The number of hydrogen-bond acceptors (Lipinski definition) is 5. The number of nitrogens with zero attached hydrogens (tertiary/aromatic N) is 2. The van der Waals surface area contributed by atoms with Crippen molar-refractivity contribution in [2.45, 2.75) is 18.6 Å². The maximum absolute atomic E-state index is 11.9. The van der Waals surface area contributed by atoms with Crippen molar-refractivity contribution in [2.24, 2.45) is 0 Å². The van der Waals surface area contributed by atoms with E-state index < -0.39 is 25.1 Å². The van der Waals surface area contributed by atoms with Crippen LogP contribution >= 0.6 is 10.7 Å². The number of aryl methyl sites for hydroxylation is 1. The summed E-state index contributed by atoms with van der Waals surface area (Å²) in [7, 11) is 1.38. The molecule has 0 saturated carbocycles. The third-order valence-corrected chi connectivity index (χ3v) is 5.04. The molecular formula is C11H11ClN2O5S. The number of para-hydroxylation sites is 1. The number of anilines is 1. The Morgan fingerprint density at radius 1 is 1.45 bits per heavy atom. The Morgan fingerprint density at radius 3 is 2.60 bits per heavy atom. The molecule has 1 fully saturated rings. The van der Waals surface area contributed by atoms with Gasteiger partial charge in [0.1, 0.15) is 10.9 Å². The summed E-state index contributed by atoms with van der Waals surface area (Å²) in [6.45, 7) is 1.45. The first-order valence-corrected chi connectivity index (χ1v) is 8.07. The minimum atomic E-state index is -3.88. The molecular weight excluding hydrogens is 308 g/mol. The van der Waals surface area contributed by atoms with Crippen molar-refractivity contribution in [1.29, 1.82) is 0 Å². The van der Waals surface area contributed by atoms with Gasteiger partial charge in [0.15, 0.2) is 0 Å². The van der Waals surface area contributed by atoms with Gasteiger partial charge in [-0.05, 0) is 12.5 Å². The summed E-state index contributed by atoms with van der Waals surface area (Å²) < 4.78 is 22.6. The summed E-state index contributed by atoms with van der Waals surface area (Å²) in [5.41, 5.74) is 0.427. The third-order valence-electron chi connectivity index (χ3n) is 3.17. The summed E-state index contributed by atoms with van der Waals surface area (Å²) >= 11 is 0. The van der Waals surface area contributed by atoms with Gasteiger partial charge in [0, 0.05) is 29.7 Å². The van der Waals surface area contributed by atoms with Gasteiger partial charge in [0.2, 0.25) is 15.0 Å². The Hall–Kier alpha value is -1.67. The van der Waals surface area contributed by atoms with Crippen molar-refractivity contribution in [2.75, 3.05) is 11.4 Å². The quantitative estimate of drug-likeness (QED) is 0.478. The molecule has 20 heavy (non-hydrogen) atoms. The van der Waals surface area contributed by atoms with Crippen molar-refractivity contribution >= 4 is 37.0 Å². The minimum absolute atomic E-state index is 0.130. The fourth-order valence-electron chi connectivity index (χ4n) is 2.22. The number of benzene rings is 1. The monoisotopic (exact) mass is 318 g/mol. The zero-order chi connectivity index (χ0) is 15.1. The van der Waals surface area contributed by atoms with E-state index in [-0.39, 0.29) is 24.3 Å². The highest BCUT2D eigenvalue weighted by Crippen LogP contribution is 2.35. The highest BCUT2D eigenvalue weighted by Gasteiger charge is 2.40. The molecule has 0 radical (unpaired) electrons. The molecule has 1 heterocycles. The van der Waals surface area contributed by atoms with Crippen molar-refractivity contribution in [1.82, 2.24) is 0 Å². The second-order valence-electron chi connectivity index (χ2n) is 4.51. The zero-order valence-electron chi connectivity index (χ0n) is 10.4. The lowest BCUT2D eigenvalue weighted by Gasteiger charge is -2.18. The van der Waals surface area contributed by atoms with Crippen LogP contribution in [0.3, 0.4) is 0 Å². The van der Waals surface area contributed by atoms with E-state index in [9.17, 15) is 23.3 Å². The molecule has 0 aromatic heterocycles. The Kier molecular flexibility index (Phi) is 3.70. The summed E-state index contributed by atoms with van der Waals surface area (Å²) in [6.07, 6.45) is -0.267. The van der Waals surface area contributed by atoms with Crippen LogP contribution in [0.15, 0.2) is 18.2 Å². The first-order chi connectivity index (χ1) is 9.21. The molecule has 0 N–H and O–H groups in total. The maximum Gasteiger partial charge on any atom is 0.293 e. The van der Waals surface area contributed by atoms with Crippen molar-refractivity contribution in [3.05, 3.63) is 33.9 Å². The van der Waals surface area contributed by atoms with Gasteiger partial charge >= 0.3 is 0 Å². The summed E-state index contributed by atoms with van der Waals surface area (Å²) in [5.74, 6) is -0.489. The molecule has 0 bridgehead atoms. The first-order valence-electron chi connectivity index (χ1n) is 5.69. The third kappa shape index (κ3) is 2.61. The zero-order valence-corrected chi connectivity index (χ0v) is 12.0. The van der Waals surface area contributed by atoms with Crippen molar-refractivity contribution in [3.63, 3.8) is 0 Å². The molecule has 0 spiro atoms. The van der Waals surface area contributed by atoms with Crippen LogP contribution in [0.25, 0.3) is 0 Å². The Morgan fingerprint density at radius 2 is 2.10 bits per heavy atom. The number of halogens is 1. The number of rotatable bonds is 3. The Labute approximate surface area is 119 Å². The molecule has 1 amide bonds. The van der Waals surface area contributed by atoms with Gasteiger partial charge < -0.3 is 4.90 Å². The standard InChI is InChI=1S/C11H11ClN2O5S/c1-7-3-2-4-9(14(16)17)11(7)13-6-8(5-10(13)15)20(12,18)19/h2-4,8H,5-6H2,1H3. The van der Waals surface area contributed by atoms with Crippen LogP contribution in [0, 0.1) is 17.0 Å². The van der Waals surface area contributed by atoms with Crippen LogP contribution in [0.1, 0.15) is 12.0 Å². The van der Waals surface area contributed by atoms with E-state index in [0.29, 0.717) is 5.56 Å². The van der Waals surface area contributed by atoms with Gasteiger partial charge in [-0.15, -0.1) is 0 Å². The van der Waals surface area contributed by atoms with E-state index in [1.807, 2.05) is 0 Å². The fraction of sp³-hybridized carbons (Fsp3) is 0.364. The van der Waals surface area contributed by atoms with E-state index in [4.69, 9.17) is 10.7 Å². The average molecular weight is 319 g/mol. The number of amides is 1. The van der Waals surface area contributed by atoms with Crippen molar-refractivity contribution in [3.8, 4) is 0 Å². The van der Waals surface area contributed by atoms with E-state index in [1.54, 1.807) is 13.0 Å². The maximum atomic E-state index is 11.9. The molecule has 1 aliphatic rings. The van der Waals surface area contributed by atoms with Crippen molar-refractivity contribution < 1.29 is 18.1 Å². The van der Waals surface area contributed by atoms with Gasteiger partial charge in [0.25, 0.3) is 5.69 Å². The number of hydrogen-bond donors (Lipinski definition) is 0. The molecule has 1 saturated heterocycles. The predicted octanol–water partition coefficient (Wildman–Crippen LogP) is 1.58. The predicted molar refractivity (Wildman–Crippen MR) is 73.4 cm³/mol. The number of nitro groups is 1. The number of carbonyl (C=O) groups excluding carboxylic acids is 1. The highest BCUT2D eigenvalue weighted by atomic mass is 35.7. The molecule has 1 aromatic carbocycles. The molecule has 7 nitrogen and oxygen atoms in total. The number of nitro benzene ring substituents is 1. The van der Waals surface area contributed by atoms with Gasteiger partial charge in [-0.25, -0.2) is 8.42 Å². The van der Waals surface area contributed by atoms with Crippen LogP contribution in [0.2, 0.25) is 0 Å². The molecule has 108 valence electrons. The van der Waals surface area contributed by atoms with E-state index in [0.717, 1.165) is 4.90 Å². The van der Waals surface area contributed by atoms with E-state index >= 15 is 0 Å². The molecule has 0 aliphatic carbocycles. The smallest absolute Gasteiger partial charge is 0.293 e. The Balaban J connectivity index is 2.48. The molecule has 9 heteroatoms. The van der Waals surface area contributed by atoms with Gasteiger partial charge in [-0.3, -0.25) is 14.9 Å². The van der Waals surface area contributed by atoms with E-state index in [1.165, 1.54) is 12.1 Å². The fourth-order valence-corrected chi connectivity index (χ4v) is 3.25. The van der Waals surface area contributed by atoms with Crippen LogP contribution < -0.4 is 4.90 Å². The Bertz CT molecular complexity index is 688. The molecule has 1 unspecified atom stereocenters.